The van der Waals surface area contributed by atoms with Gasteiger partial charge in [-0.2, -0.15) is 0 Å². The first kappa shape index (κ1) is 13.1. The molecule has 0 saturated heterocycles. The molecule has 3 aromatic rings. The number of imidazole rings is 1. The van der Waals surface area contributed by atoms with E-state index in [2.05, 4.69) is 9.97 Å². The molecular formula is C15H16N2O2. The van der Waals surface area contributed by atoms with E-state index in [0.29, 0.717) is 6.61 Å². The first-order chi connectivity index (χ1) is 8.88. The van der Waals surface area contributed by atoms with Crippen molar-refractivity contribution in [2.45, 2.75) is 6.92 Å². The monoisotopic (exact) mass is 256 g/mol. The maximum absolute atomic E-state index is 5.63. The van der Waals surface area contributed by atoms with Crippen LogP contribution in [-0.4, -0.2) is 22.1 Å². The topological polar surface area (TPSA) is 69.4 Å². The second-order valence-corrected chi connectivity index (χ2v) is 4.03. The van der Waals surface area contributed by atoms with Crippen molar-refractivity contribution in [2.24, 2.45) is 0 Å². The van der Waals surface area contributed by atoms with E-state index >= 15 is 0 Å². The van der Waals surface area contributed by atoms with E-state index < -0.39 is 0 Å². The van der Waals surface area contributed by atoms with Gasteiger partial charge in [-0.1, -0.05) is 24.3 Å². The van der Waals surface area contributed by atoms with Crippen LogP contribution in [0.2, 0.25) is 0 Å². The van der Waals surface area contributed by atoms with Gasteiger partial charge in [0.15, 0.2) is 0 Å². The van der Waals surface area contributed by atoms with Crippen LogP contribution in [0.5, 0.6) is 5.75 Å². The molecule has 0 aliphatic rings. The van der Waals surface area contributed by atoms with Crippen LogP contribution in [0.15, 0.2) is 48.5 Å². The molecule has 19 heavy (non-hydrogen) atoms. The number of fused-ring (bicyclic) bond motifs is 1. The summed E-state index contributed by atoms with van der Waals surface area (Å²) in [5, 5.41) is 0. The summed E-state index contributed by atoms with van der Waals surface area (Å²) in [6.07, 6.45) is 0. The van der Waals surface area contributed by atoms with Crippen molar-refractivity contribution in [3.63, 3.8) is 0 Å². The van der Waals surface area contributed by atoms with Crippen LogP contribution in [0, 0.1) is 0 Å². The largest absolute Gasteiger partial charge is 0.493 e. The van der Waals surface area contributed by atoms with Crippen molar-refractivity contribution in [1.29, 1.82) is 0 Å². The summed E-state index contributed by atoms with van der Waals surface area (Å²) >= 11 is 0. The summed E-state index contributed by atoms with van der Waals surface area (Å²) in [5.74, 6) is 1.71. The standard InChI is InChI=1S/C15H14N2O.H2O/c1-2-18-14-10-6-3-7-11(14)15-16-12-8-4-5-9-13(12)17-15;/h3-10H,2H2,1H3,(H,16,17);1H2. The molecule has 1 heterocycles. The number of benzene rings is 2. The van der Waals surface area contributed by atoms with Gasteiger partial charge in [-0.05, 0) is 31.2 Å². The molecule has 3 rings (SSSR count). The van der Waals surface area contributed by atoms with E-state index in [0.717, 1.165) is 28.2 Å². The van der Waals surface area contributed by atoms with Gasteiger partial charge in [-0.25, -0.2) is 4.98 Å². The lowest BCUT2D eigenvalue weighted by Gasteiger charge is -2.07. The van der Waals surface area contributed by atoms with Gasteiger partial charge in [-0.15, -0.1) is 0 Å². The average molecular weight is 256 g/mol. The van der Waals surface area contributed by atoms with E-state index in [1.807, 2.05) is 55.5 Å². The summed E-state index contributed by atoms with van der Waals surface area (Å²) in [7, 11) is 0. The Morgan fingerprint density at radius 1 is 1.05 bits per heavy atom. The highest BCUT2D eigenvalue weighted by atomic mass is 16.5. The molecule has 2 aromatic carbocycles. The third-order valence-electron chi connectivity index (χ3n) is 2.83. The van der Waals surface area contributed by atoms with E-state index in [1.165, 1.54) is 0 Å². The first-order valence-electron chi connectivity index (χ1n) is 6.05. The van der Waals surface area contributed by atoms with Crippen molar-refractivity contribution < 1.29 is 10.2 Å². The van der Waals surface area contributed by atoms with Crippen LogP contribution in [0.25, 0.3) is 22.4 Å². The lowest BCUT2D eigenvalue weighted by Crippen LogP contribution is -1.94. The number of hydrogen-bond donors (Lipinski definition) is 1. The Hall–Kier alpha value is -2.33. The number of aromatic nitrogens is 2. The Morgan fingerprint density at radius 2 is 1.79 bits per heavy atom. The summed E-state index contributed by atoms with van der Waals surface area (Å²) in [6, 6.07) is 15.9. The second-order valence-electron chi connectivity index (χ2n) is 4.03. The molecule has 0 saturated carbocycles. The first-order valence-corrected chi connectivity index (χ1v) is 6.05. The third kappa shape index (κ3) is 2.44. The normalized spacial score (nSPS) is 10.2. The third-order valence-corrected chi connectivity index (χ3v) is 2.83. The zero-order chi connectivity index (χ0) is 12.4. The van der Waals surface area contributed by atoms with Gasteiger partial charge >= 0.3 is 0 Å². The minimum Gasteiger partial charge on any atom is -0.493 e. The van der Waals surface area contributed by atoms with Crippen molar-refractivity contribution in [2.75, 3.05) is 6.61 Å². The highest BCUT2D eigenvalue weighted by molar-refractivity contribution is 5.80. The molecule has 0 radical (unpaired) electrons. The smallest absolute Gasteiger partial charge is 0.142 e. The van der Waals surface area contributed by atoms with Gasteiger partial charge in [0.1, 0.15) is 11.6 Å². The van der Waals surface area contributed by atoms with E-state index in [1.54, 1.807) is 0 Å². The molecule has 1 aromatic heterocycles. The Morgan fingerprint density at radius 3 is 2.58 bits per heavy atom. The number of para-hydroxylation sites is 3. The molecule has 3 N–H and O–H groups in total. The van der Waals surface area contributed by atoms with Gasteiger partial charge < -0.3 is 15.2 Å². The van der Waals surface area contributed by atoms with E-state index in [-0.39, 0.29) is 5.48 Å². The minimum absolute atomic E-state index is 0. The fourth-order valence-corrected chi connectivity index (χ4v) is 2.02. The Balaban J connectivity index is 0.00000133. The van der Waals surface area contributed by atoms with Gasteiger partial charge in [0.2, 0.25) is 0 Å². The van der Waals surface area contributed by atoms with Gasteiger partial charge in [0.05, 0.1) is 23.2 Å². The second kappa shape index (κ2) is 5.54. The summed E-state index contributed by atoms with van der Waals surface area (Å²) in [5.41, 5.74) is 3.01. The molecule has 0 aliphatic carbocycles. The molecule has 0 aliphatic heterocycles. The number of nitrogens with one attached hydrogen (secondary N) is 1. The van der Waals surface area contributed by atoms with Gasteiger partial charge in [0.25, 0.3) is 0 Å². The van der Waals surface area contributed by atoms with Crippen LogP contribution in [-0.2, 0) is 0 Å². The van der Waals surface area contributed by atoms with Crippen LogP contribution >= 0.6 is 0 Å². The number of nitrogens with zero attached hydrogens (tertiary/aromatic N) is 1. The molecule has 0 bridgehead atoms. The number of hydrogen-bond acceptors (Lipinski definition) is 2. The lowest BCUT2D eigenvalue weighted by atomic mass is 10.2. The number of H-pyrrole nitrogens is 1. The van der Waals surface area contributed by atoms with Gasteiger partial charge in [-0.3, -0.25) is 0 Å². The Bertz CT molecular complexity index is 643. The van der Waals surface area contributed by atoms with Crippen molar-refractivity contribution in [3.8, 4) is 17.1 Å². The van der Waals surface area contributed by atoms with Crippen LogP contribution in [0.4, 0.5) is 0 Å². The van der Waals surface area contributed by atoms with Crippen molar-refractivity contribution in [1.82, 2.24) is 9.97 Å². The number of rotatable bonds is 3. The molecule has 4 heteroatoms. The number of aromatic amines is 1. The molecule has 4 nitrogen and oxygen atoms in total. The maximum Gasteiger partial charge on any atom is 0.142 e. The highest BCUT2D eigenvalue weighted by Gasteiger charge is 2.09. The van der Waals surface area contributed by atoms with Crippen LogP contribution in [0.1, 0.15) is 6.92 Å². The molecule has 0 unspecified atom stereocenters. The van der Waals surface area contributed by atoms with Crippen LogP contribution in [0.3, 0.4) is 0 Å². The summed E-state index contributed by atoms with van der Waals surface area (Å²) < 4.78 is 5.63. The van der Waals surface area contributed by atoms with E-state index in [9.17, 15) is 0 Å². The quantitative estimate of drug-likeness (QED) is 0.782. The predicted octanol–water partition coefficient (Wildman–Crippen LogP) is 2.80. The zero-order valence-corrected chi connectivity index (χ0v) is 10.7. The van der Waals surface area contributed by atoms with Crippen molar-refractivity contribution >= 4 is 11.0 Å². The molecular weight excluding hydrogens is 240 g/mol. The molecule has 0 amide bonds. The maximum atomic E-state index is 5.63. The molecule has 0 spiro atoms. The average Bonchev–Trinajstić information content (AvgIpc) is 2.83. The summed E-state index contributed by atoms with van der Waals surface area (Å²) in [4.78, 5) is 7.91. The zero-order valence-electron chi connectivity index (χ0n) is 10.7. The Kier molecular flexibility index (Phi) is 3.82. The summed E-state index contributed by atoms with van der Waals surface area (Å²) in [6.45, 7) is 2.63. The van der Waals surface area contributed by atoms with Gasteiger partial charge in [0, 0.05) is 0 Å². The van der Waals surface area contributed by atoms with E-state index in [4.69, 9.17) is 4.74 Å². The number of ether oxygens (including phenoxy) is 1. The van der Waals surface area contributed by atoms with Crippen LogP contribution < -0.4 is 4.74 Å². The predicted molar refractivity (Wildman–Crippen MR) is 76.3 cm³/mol. The fraction of sp³-hybridized carbons (Fsp3) is 0.133. The Labute approximate surface area is 111 Å². The molecule has 0 fully saturated rings. The highest BCUT2D eigenvalue weighted by Crippen LogP contribution is 2.29. The minimum atomic E-state index is 0. The molecule has 0 atom stereocenters. The molecule has 98 valence electrons. The van der Waals surface area contributed by atoms with Crippen molar-refractivity contribution in [3.05, 3.63) is 48.5 Å². The SMILES string of the molecule is CCOc1ccccc1-c1nc2ccccc2[nH]1.O. The lowest BCUT2D eigenvalue weighted by molar-refractivity contribution is 0.341. The fourth-order valence-electron chi connectivity index (χ4n) is 2.02.